The van der Waals surface area contributed by atoms with E-state index in [1.54, 1.807) is 25.1 Å². The first-order valence-electron chi connectivity index (χ1n) is 6.53. The minimum atomic E-state index is -4.02. The van der Waals surface area contributed by atoms with Gasteiger partial charge in [0.15, 0.2) is 0 Å². The van der Waals surface area contributed by atoms with Crippen molar-refractivity contribution < 1.29 is 18.1 Å². The fourth-order valence-electron chi connectivity index (χ4n) is 1.84. The second kappa shape index (κ2) is 6.84. The Hall–Kier alpha value is -2.32. The van der Waals surface area contributed by atoms with Gasteiger partial charge in [0.05, 0.1) is 22.1 Å². The van der Waals surface area contributed by atoms with E-state index in [1.807, 2.05) is 0 Å². The Balaban J connectivity index is 2.40. The Morgan fingerprint density at radius 2 is 1.96 bits per heavy atom. The van der Waals surface area contributed by atoms with Gasteiger partial charge in [-0.05, 0) is 31.2 Å². The van der Waals surface area contributed by atoms with Crippen molar-refractivity contribution in [2.45, 2.75) is 11.8 Å². The predicted molar refractivity (Wildman–Crippen MR) is 86.5 cm³/mol. The summed E-state index contributed by atoms with van der Waals surface area (Å²) in [6.07, 6.45) is 0. The number of halogens is 1. The van der Waals surface area contributed by atoms with Crippen LogP contribution in [-0.4, -0.2) is 19.9 Å². The van der Waals surface area contributed by atoms with Gasteiger partial charge >= 0.3 is 0 Å². The number of benzene rings is 2. The number of para-hydroxylation sites is 2. The first-order valence-corrected chi connectivity index (χ1v) is 8.40. The smallest absolute Gasteiger partial charge is 0.289 e. The summed E-state index contributed by atoms with van der Waals surface area (Å²) in [5.41, 5.74) is -0.236. The maximum Gasteiger partial charge on any atom is 0.289 e. The monoisotopic (exact) mass is 356 g/mol. The van der Waals surface area contributed by atoms with E-state index in [-0.39, 0.29) is 15.6 Å². The Bertz CT molecular complexity index is 839. The van der Waals surface area contributed by atoms with Gasteiger partial charge in [-0.25, -0.2) is 8.42 Å². The molecule has 0 amide bonds. The van der Waals surface area contributed by atoms with Gasteiger partial charge in [0.1, 0.15) is 10.8 Å². The lowest BCUT2D eigenvalue weighted by Crippen LogP contribution is -2.14. The number of rotatable bonds is 6. The average molecular weight is 357 g/mol. The van der Waals surface area contributed by atoms with Crippen LogP contribution in [0.3, 0.4) is 0 Å². The SMILES string of the molecule is CCOc1ccccc1NS(=O)(=O)c1ccc(Cl)c([N+](=O)[O-])c1. The van der Waals surface area contributed by atoms with Crippen LogP contribution in [0.4, 0.5) is 11.4 Å². The molecule has 0 unspecified atom stereocenters. The van der Waals surface area contributed by atoms with E-state index >= 15 is 0 Å². The van der Waals surface area contributed by atoms with Gasteiger partial charge in [0, 0.05) is 6.07 Å². The standard InChI is InChI=1S/C14H13ClN2O5S/c1-2-22-14-6-4-3-5-12(14)16-23(20,21)10-7-8-11(15)13(9-10)17(18)19/h3-9,16H,2H2,1H3. The van der Waals surface area contributed by atoms with Crippen molar-refractivity contribution in [2.24, 2.45) is 0 Å². The van der Waals surface area contributed by atoms with Crippen molar-refractivity contribution in [3.8, 4) is 5.75 Å². The topological polar surface area (TPSA) is 98.5 Å². The molecule has 2 aromatic carbocycles. The number of ether oxygens (including phenoxy) is 1. The molecule has 0 atom stereocenters. The highest BCUT2D eigenvalue weighted by atomic mass is 35.5. The van der Waals surface area contributed by atoms with E-state index in [0.717, 1.165) is 6.07 Å². The maximum absolute atomic E-state index is 12.4. The molecule has 1 N–H and O–H groups in total. The van der Waals surface area contributed by atoms with Crippen molar-refractivity contribution in [3.63, 3.8) is 0 Å². The summed E-state index contributed by atoms with van der Waals surface area (Å²) in [5, 5.41) is 10.7. The van der Waals surface area contributed by atoms with Crippen LogP contribution in [-0.2, 0) is 10.0 Å². The van der Waals surface area contributed by atoms with E-state index in [4.69, 9.17) is 16.3 Å². The molecular formula is C14H13ClN2O5S. The van der Waals surface area contributed by atoms with Crippen LogP contribution in [0.1, 0.15) is 6.92 Å². The molecule has 0 bridgehead atoms. The Kier molecular flexibility index (Phi) is 5.07. The summed E-state index contributed by atoms with van der Waals surface area (Å²) >= 11 is 5.69. The number of nitrogens with one attached hydrogen (secondary N) is 1. The molecule has 0 saturated carbocycles. The van der Waals surface area contributed by atoms with E-state index in [0.29, 0.717) is 12.4 Å². The van der Waals surface area contributed by atoms with E-state index in [1.165, 1.54) is 18.2 Å². The van der Waals surface area contributed by atoms with Crippen LogP contribution in [0.25, 0.3) is 0 Å². The summed E-state index contributed by atoms with van der Waals surface area (Å²) in [7, 11) is -4.02. The highest BCUT2D eigenvalue weighted by Crippen LogP contribution is 2.30. The molecular weight excluding hydrogens is 344 g/mol. The lowest BCUT2D eigenvalue weighted by Gasteiger charge is -2.12. The Morgan fingerprint density at radius 3 is 2.61 bits per heavy atom. The number of hydrogen-bond acceptors (Lipinski definition) is 5. The minimum Gasteiger partial charge on any atom is -0.492 e. The zero-order valence-corrected chi connectivity index (χ0v) is 13.6. The zero-order valence-electron chi connectivity index (χ0n) is 12.0. The molecule has 9 heteroatoms. The van der Waals surface area contributed by atoms with E-state index in [9.17, 15) is 18.5 Å². The molecule has 122 valence electrons. The second-order valence-corrected chi connectivity index (χ2v) is 6.49. The first-order chi connectivity index (χ1) is 10.8. The lowest BCUT2D eigenvalue weighted by molar-refractivity contribution is -0.384. The molecule has 2 rings (SSSR count). The van der Waals surface area contributed by atoms with Crippen LogP contribution in [0.2, 0.25) is 5.02 Å². The number of nitro groups is 1. The average Bonchev–Trinajstić information content (AvgIpc) is 2.49. The Labute approximate surface area is 138 Å². The maximum atomic E-state index is 12.4. The molecule has 0 aliphatic carbocycles. The molecule has 0 aliphatic rings. The normalized spacial score (nSPS) is 11.0. The summed E-state index contributed by atoms with van der Waals surface area (Å²) in [6.45, 7) is 2.14. The number of nitro benzene ring substituents is 1. The molecule has 0 fully saturated rings. The molecule has 0 heterocycles. The molecule has 0 aromatic heterocycles. The van der Waals surface area contributed by atoms with Gasteiger partial charge in [-0.15, -0.1) is 0 Å². The highest BCUT2D eigenvalue weighted by molar-refractivity contribution is 7.92. The molecule has 23 heavy (non-hydrogen) atoms. The van der Waals surface area contributed by atoms with Crippen LogP contribution in [0.5, 0.6) is 5.75 Å². The fourth-order valence-corrected chi connectivity index (χ4v) is 3.11. The quantitative estimate of drug-likeness (QED) is 0.631. The first kappa shape index (κ1) is 17.0. The molecule has 0 saturated heterocycles. The second-order valence-electron chi connectivity index (χ2n) is 4.40. The third-order valence-corrected chi connectivity index (χ3v) is 4.54. The van der Waals surface area contributed by atoms with E-state index < -0.39 is 20.6 Å². The third kappa shape index (κ3) is 3.91. The lowest BCUT2D eigenvalue weighted by atomic mass is 10.3. The Morgan fingerprint density at radius 1 is 1.26 bits per heavy atom. The largest absolute Gasteiger partial charge is 0.492 e. The van der Waals surface area contributed by atoms with Gasteiger partial charge in [0.2, 0.25) is 0 Å². The van der Waals surface area contributed by atoms with E-state index in [2.05, 4.69) is 4.72 Å². The van der Waals surface area contributed by atoms with Crippen molar-refractivity contribution in [2.75, 3.05) is 11.3 Å². The zero-order chi connectivity index (χ0) is 17.0. The summed E-state index contributed by atoms with van der Waals surface area (Å²) in [6, 6.07) is 9.77. The van der Waals surface area contributed by atoms with Crippen molar-refractivity contribution in [1.82, 2.24) is 0 Å². The number of sulfonamides is 1. The summed E-state index contributed by atoms with van der Waals surface area (Å²) in [5.74, 6) is 0.363. The minimum absolute atomic E-state index is 0.135. The van der Waals surface area contributed by atoms with Crippen LogP contribution in [0, 0.1) is 10.1 Å². The number of nitrogens with zero attached hydrogens (tertiary/aromatic N) is 1. The van der Waals surface area contributed by atoms with Gasteiger partial charge in [0.25, 0.3) is 15.7 Å². The highest BCUT2D eigenvalue weighted by Gasteiger charge is 2.21. The van der Waals surface area contributed by atoms with Crippen molar-refractivity contribution in [3.05, 3.63) is 57.6 Å². The van der Waals surface area contributed by atoms with Crippen LogP contribution in [0.15, 0.2) is 47.4 Å². The van der Waals surface area contributed by atoms with Gasteiger partial charge in [-0.2, -0.15) is 0 Å². The van der Waals surface area contributed by atoms with Gasteiger partial charge in [-0.1, -0.05) is 23.7 Å². The molecule has 0 aliphatic heterocycles. The molecule has 7 nitrogen and oxygen atoms in total. The van der Waals surface area contributed by atoms with Crippen molar-refractivity contribution >= 4 is 33.0 Å². The summed E-state index contributed by atoms with van der Waals surface area (Å²) in [4.78, 5) is 9.88. The number of anilines is 1. The third-order valence-electron chi connectivity index (χ3n) is 2.86. The van der Waals surface area contributed by atoms with Crippen molar-refractivity contribution in [1.29, 1.82) is 0 Å². The summed E-state index contributed by atoms with van der Waals surface area (Å²) < 4.78 is 32.5. The predicted octanol–water partition coefficient (Wildman–Crippen LogP) is 3.45. The van der Waals surface area contributed by atoms with Crippen LogP contribution < -0.4 is 9.46 Å². The van der Waals surface area contributed by atoms with Crippen LogP contribution >= 0.6 is 11.6 Å². The number of hydrogen-bond donors (Lipinski definition) is 1. The molecule has 0 spiro atoms. The van der Waals surface area contributed by atoms with Gasteiger partial charge in [-0.3, -0.25) is 14.8 Å². The molecule has 2 aromatic rings. The van der Waals surface area contributed by atoms with Gasteiger partial charge < -0.3 is 4.74 Å². The fraction of sp³-hybridized carbons (Fsp3) is 0.143. The molecule has 0 radical (unpaired) electrons.